The lowest BCUT2D eigenvalue weighted by molar-refractivity contribution is 0.866. The first-order valence-corrected chi connectivity index (χ1v) is 14.8. The Balaban J connectivity index is 1.21. The fourth-order valence-electron chi connectivity index (χ4n) is 6.41. The smallest absolute Gasteiger partial charge is 0.0468 e. The molecule has 0 unspecified atom stereocenters. The van der Waals surface area contributed by atoms with E-state index in [4.69, 9.17) is 0 Å². The van der Waals surface area contributed by atoms with E-state index in [1.54, 1.807) is 0 Å². The minimum atomic E-state index is 0.471. The predicted octanol–water partition coefficient (Wildman–Crippen LogP) is 11.9. The number of hydrogen-bond acceptors (Lipinski definition) is 1. The minimum absolute atomic E-state index is 0.471. The molecule has 0 bridgehead atoms. The van der Waals surface area contributed by atoms with E-state index in [-0.39, 0.29) is 0 Å². The lowest BCUT2D eigenvalue weighted by Gasteiger charge is -2.28. The molecule has 0 fully saturated rings. The number of hydrogen-bond donors (Lipinski definition) is 0. The third-order valence-electron chi connectivity index (χ3n) is 8.69. The van der Waals surface area contributed by atoms with Crippen LogP contribution in [0.1, 0.15) is 25.3 Å². The maximum atomic E-state index is 2.38. The molecule has 200 valence electrons. The molecule has 0 atom stereocenters. The number of para-hydroxylation sites is 1. The molecule has 1 heteroatoms. The van der Waals surface area contributed by atoms with E-state index in [1.807, 2.05) is 0 Å². The Hall–Kier alpha value is -5.14. The van der Waals surface area contributed by atoms with Crippen molar-refractivity contribution in [2.45, 2.75) is 19.8 Å². The molecule has 0 radical (unpaired) electrons. The van der Waals surface area contributed by atoms with E-state index in [9.17, 15) is 0 Å². The van der Waals surface area contributed by atoms with Gasteiger partial charge in [0.1, 0.15) is 0 Å². The number of anilines is 3. The highest BCUT2D eigenvalue weighted by Gasteiger charge is 2.24. The Morgan fingerprint density at radius 3 is 1.60 bits per heavy atom. The molecule has 7 aromatic carbocycles. The van der Waals surface area contributed by atoms with Gasteiger partial charge in [-0.15, -0.1) is 0 Å². The molecule has 0 aliphatic heterocycles. The van der Waals surface area contributed by atoms with Crippen molar-refractivity contribution in [2.75, 3.05) is 4.90 Å². The van der Waals surface area contributed by atoms with Crippen molar-refractivity contribution in [3.05, 3.63) is 151 Å². The van der Waals surface area contributed by atoms with Crippen molar-refractivity contribution in [2.24, 2.45) is 0 Å². The molecule has 0 heterocycles. The van der Waals surface area contributed by atoms with Gasteiger partial charge >= 0.3 is 0 Å². The van der Waals surface area contributed by atoms with Crippen molar-refractivity contribution in [3.63, 3.8) is 0 Å². The van der Waals surface area contributed by atoms with Gasteiger partial charge in [0.15, 0.2) is 0 Å². The van der Waals surface area contributed by atoms with Gasteiger partial charge in [0.25, 0.3) is 0 Å². The maximum absolute atomic E-state index is 2.38. The standard InChI is InChI=1S/C41H31N/c1-27(2)29-12-9-15-36(21-29)42(35-13-7-4-8-14-35)37-19-18-32-24-39-40-25-33-20-30(28-10-5-3-6-11-28)16-17-31(33)23-38(40)41(39)26-34(32)22-37/h3-27H,1-2H3. The molecule has 7 aromatic rings. The number of fused-ring (bicyclic) bond motifs is 6. The first kappa shape index (κ1) is 24.6. The van der Waals surface area contributed by atoms with Crippen LogP contribution in [-0.2, 0) is 0 Å². The summed E-state index contributed by atoms with van der Waals surface area (Å²) in [5, 5.41) is 5.11. The van der Waals surface area contributed by atoms with Gasteiger partial charge in [-0.25, -0.2) is 0 Å². The van der Waals surface area contributed by atoms with Crippen LogP contribution in [0.25, 0.3) is 54.9 Å². The normalized spacial score (nSPS) is 11.8. The minimum Gasteiger partial charge on any atom is -0.310 e. The molecule has 1 aliphatic carbocycles. The van der Waals surface area contributed by atoms with E-state index in [1.165, 1.54) is 71.9 Å². The van der Waals surface area contributed by atoms with Gasteiger partial charge in [0, 0.05) is 17.1 Å². The molecule has 1 aliphatic rings. The van der Waals surface area contributed by atoms with Gasteiger partial charge in [-0.3, -0.25) is 0 Å². The Morgan fingerprint density at radius 1 is 0.381 bits per heavy atom. The van der Waals surface area contributed by atoms with E-state index >= 15 is 0 Å². The average Bonchev–Trinajstić information content (AvgIpc) is 3.04. The van der Waals surface area contributed by atoms with Gasteiger partial charge in [-0.2, -0.15) is 0 Å². The van der Waals surface area contributed by atoms with E-state index in [2.05, 4.69) is 164 Å². The van der Waals surface area contributed by atoms with Crippen LogP contribution in [0.5, 0.6) is 0 Å². The summed E-state index contributed by atoms with van der Waals surface area (Å²) in [5.41, 5.74) is 12.8. The number of nitrogens with zero attached hydrogens (tertiary/aromatic N) is 1. The van der Waals surface area contributed by atoms with Crippen molar-refractivity contribution in [3.8, 4) is 33.4 Å². The Bertz CT molecular complexity index is 2110. The first-order valence-electron chi connectivity index (χ1n) is 14.8. The second kappa shape index (κ2) is 9.75. The second-order valence-electron chi connectivity index (χ2n) is 11.7. The summed E-state index contributed by atoms with van der Waals surface area (Å²) in [4.78, 5) is 2.37. The van der Waals surface area contributed by atoms with Gasteiger partial charge in [-0.1, -0.05) is 92.7 Å². The highest BCUT2D eigenvalue weighted by Crippen LogP contribution is 2.51. The average molecular weight is 538 g/mol. The van der Waals surface area contributed by atoms with Gasteiger partial charge in [0.05, 0.1) is 0 Å². The fourth-order valence-corrected chi connectivity index (χ4v) is 6.41. The zero-order chi connectivity index (χ0) is 28.2. The van der Waals surface area contributed by atoms with Crippen LogP contribution in [0.4, 0.5) is 17.1 Å². The molecule has 1 nitrogen and oxygen atoms in total. The summed E-state index contributed by atoms with van der Waals surface area (Å²) in [6, 6.07) is 53.5. The lowest BCUT2D eigenvalue weighted by atomic mass is 9.77. The summed E-state index contributed by atoms with van der Waals surface area (Å²) in [6.07, 6.45) is 0. The number of benzene rings is 7. The number of rotatable bonds is 5. The topological polar surface area (TPSA) is 3.24 Å². The third kappa shape index (κ3) is 4.09. The molecular formula is C41H31N. The quantitative estimate of drug-likeness (QED) is 0.211. The van der Waals surface area contributed by atoms with Gasteiger partial charge in [-0.05, 0) is 133 Å². The molecule has 0 amide bonds. The summed E-state index contributed by atoms with van der Waals surface area (Å²) in [7, 11) is 0. The molecule has 0 saturated carbocycles. The first-order chi connectivity index (χ1) is 20.6. The van der Waals surface area contributed by atoms with E-state index in [0.717, 1.165) is 5.69 Å². The van der Waals surface area contributed by atoms with Crippen LogP contribution < -0.4 is 4.90 Å². The SMILES string of the molecule is CC(C)c1cccc(N(c2ccccc2)c2ccc3cc4c(cc3c2)-c2cc3ccc(-c5ccccc5)cc3cc2-4)c1. The summed E-state index contributed by atoms with van der Waals surface area (Å²) in [6.45, 7) is 4.51. The molecule has 8 rings (SSSR count). The molecule has 0 spiro atoms. The Morgan fingerprint density at radius 2 is 0.929 bits per heavy atom. The van der Waals surface area contributed by atoms with E-state index in [0.29, 0.717) is 5.92 Å². The van der Waals surface area contributed by atoms with Crippen LogP contribution in [0, 0.1) is 0 Å². The van der Waals surface area contributed by atoms with Crippen LogP contribution in [0.2, 0.25) is 0 Å². The molecule has 0 aromatic heterocycles. The molecule has 0 saturated heterocycles. The predicted molar refractivity (Wildman–Crippen MR) is 180 cm³/mol. The molecule has 0 N–H and O–H groups in total. The summed E-state index contributed by atoms with van der Waals surface area (Å²) < 4.78 is 0. The van der Waals surface area contributed by atoms with Crippen LogP contribution in [-0.4, -0.2) is 0 Å². The Labute approximate surface area is 247 Å². The zero-order valence-electron chi connectivity index (χ0n) is 23.9. The van der Waals surface area contributed by atoms with Crippen LogP contribution >= 0.6 is 0 Å². The maximum Gasteiger partial charge on any atom is 0.0468 e. The molecule has 42 heavy (non-hydrogen) atoms. The van der Waals surface area contributed by atoms with Crippen molar-refractivity contribution >= 4 is 38.6 Å². The van der Waals surface area contributed by atoms with E-state index < -0.39 is 0 Å². The third-order valence-corrected chi connectivity index (χ3v) is 8.69. The Kier molecular flexibility index (Phi) is 5.72. The lowest BCUT2D eigenvalue weighted by Crippen LogP contribution is -2.10. The summed E-state index contributed by atoms with van der Waals surface area (Å²) in [5.74, 6) is 0.471. The van der Waals surface area contributed by atoms with Crippen molar-refractivity contribution < 1.29 is 0 Å². The monoisotopic (exact) mass is 537 g/mol. The van der Waals surface area contributed by atoms with Crippen LogP contribution in [0.15, 0.2) is 146 Å². The van der Waals surface area contributed by atoms with Crippen molar-refractivity contribution in [1.29, 1.82) is 0 Å². The van der Waals surface area contributed by atoms with Gasteiger partial charge in [0.2, 0.25) is 0 Å². The highest BCUT2D eigenvalue weighted by atomic mass is 15.1. The van der Waals surface area contributed by atoms with Gasteiger partial charge < -0.3 is 4.90 Å². The molecular weight excluding hydrogens is 506 g/mol. The fraction of sp³-hybridized carbons (Fsp3) is 0.0732. The zero-order valence-corrected chi connectivity index (χ0v) is 23.9. The second-order valence-corrected chi connectivity index (χ2v) is 11.7. The largest absolute Gasteiger partial charge is 0.310 e. The van der Waals surface area contributed by atoms with Crippen LogP contribution in [0.3, 0.4) is 0 Å². The highest BCUT2D eigenvalue weighted by molar-refractivity contribution is 6.12. The van der Waals surface area contributed by atoms with Crippen molar-refractivity contribution in [1.82, 2.24) is 0 Å². The summed E-state index contributed by atoms with van der Waals surface area (Å²) >= 11 is 0.